The number of aliphatic carboxylic acids is 1. The minimum atomic E-state index is -0.768. The van der Waals surface area contributed by atoms with E-state index in [0.29, 0.717) is 31.7 Å². The Morgan fingerprint density at radius 1 is 0.923 bits per heavy atom. The first kappa shape index (κ1) is 28.4. The quantitative estimate of drug-likeness (QED) is 0.263. The van der Waals surface area contributed by atoms with Gasteiger partial charge in [0, 0.05) is 55.8 Å². The second-order valence-corrected chi connectivity index (χ2v) is 9.78. The molecule has 39 heavy (non-hydrogen) atoms. The fourth-order valence-corrected chi connectivity index (χ4v) is 4.70. The van der Waals surface area contributed by atoms with E-state index in [1.165, 1.54) is 0 Å². The van der Waals surface area contributed by atoms with Crippen LogP contribution in [0.3, 0.4) is 0 Å². The summed E-state index contributed by atoms with van der Waals surface area (Å²) >= 11 is 0. The molecule has 1 amide bonds. The SMILES string of the molecule is O=C(O)CCCCCOc1ccccc1CN(CCCN1CCOCC1)C(=O)c1ccc(-c2ccoc2)cc1. The van der Waals surface area contributed by atoms with E-state index in [9.17, 15) is 9.59 Å². The van der Waals surface area contributed by atoms with Crippen LogP contribution in [0.25, 0.3) is 11.1 Å². The van der Waals surface area contributed by atoms with Crippen molar-refractivity contribution in [2.45, 2.75) is 38.6 Å². The fourth-order valence-electron chi connectivity index (χ4n) is 4.70. The minimum Gasteiger partial charge on any atom is -0.493 e. The van der Waals surface area contributed by atoms with Crippen LogP contribution in [0.2, 0.25) is 0 Å². The molecule has 208 valence electrons. The van der Waals surface area contributed by atoms with Gasteiger partial charge in [-0.1, -0.05) is 30.3 Å². The van der Waals surface area contributed by atoms with E-state index < -0.39 is 5.97 Å². The summed E-state index contributed by atoms with van der Waals surface area (Å²) in [6.07, 6.45) is 6.61. The second-order valence-electron chi connectivity index (χ2n) is 9.78. The second kappa shape index (κ2) is 15.1. The number of carbonyl (C=O) groups excluding carboxylic acids is 1. The maximum absolute atomic E-state index is 13.7. The van der Waals surface area contributed by atoms with Crippen molar-refractivity contribution in [1.82, 2.24) is 9.80 Å². The summed E-state index contributed by atoms with van der Waals surface area (Å²) in [7, 11) is 0. The average molecular weight is 535 g/mol. The molecule has 0 unspecified atom stereocenters. The van der Waals surface area contributed by atoms with Crippen LogP contribution in [0.4, 0.5) is 0 Å². The predicted octanol–water partition coefficient (Wildman–Crippen LogP) is 5.34. The third-order valence-electron chi connectivity index (χ3n) is 6.91. The lowest BCUT2D eigenvalue weighted by Gasteiger charge is -2.29. The topological polar surface area (TPSA) is 92.5 Å². The lowest BCUT2D eigenvalue weighted by atomic mass is 10.1. The number of hydrogen-bond acceptors (Lipinski definition) is 6. The van der Waals surface area contributed by atoms with Gasteiger partial charge in [-0.3, -0.25) is 14.5 Å². The van der Waals surface area contributed by atoms with Gasteiger partial charge in [-0.2, -0.15) is 0 Å². The third kappa shape index (κ3) is 8.97. The van der Waals surface area contributed by atoms with Gasteiger partial charge >= 0.3 is 5.97 Å². The molecular weight excluding hydrogens is 496 g/mol. The molecular formula is C31H38N2O6. The molecule has 0 spiro atoms. The number of carboxylic acids is 1. The highest BCUT2D eigenvalue weighted by atomic mass is 16.5. The number of carboxylic acid groups (broad SMARTS) is 1. The lowest BCUT2D eigenvalue weighted by molar-refractivity contribution is -0.137. The number of unbranched alkanes of at least 4 members (excludes halogenated alkanes) is 2. The predicted molar refractivity (Wildman–Crippen MR) is 149 cm³/mol. The van der Waals surface area contributed by atoms with Crippen molar-refractivity contribution in [1.29, 1.82) is 0 Å². The number of carbonyl (C=O) groups is 2. The van der Waals surface area contributed by atoms with Crippen LogP contribution in [0.5, 0.6) is 5.75 Å². The van der Waals surface area contributed by atoms with E-state index in [1.807, 2.05) is 59.5 Å². The molecule has 0 saturated carbocycles. The van der Waals surface area contributed by atoms with Crippen LogP contribution >= 0.6 is 0 Å². The third-order valence-corrected chi connectivity index (χ3v) is 6.91. The molecule has 1 fully saturated rings. The number of nitrogens with zero attached hydrogens (tertiary/aromatic N) is 2. The number of morpholine rings is 1. The number of amides is 1. The summed E-state index contributed by atoms with van der Waals surface area (Å²) in [5.41, 5.74) is 3.58. The van der Waals surface area contributed by atoms with E-state index in [0.717, 1.165) is 74.6 Å². The molecule has 0 aliphatic carbocycles. The van der Waals surface area contributed by atoms with E-state index in [4.69, 9.17) is 19.0 Å². The highest BCUT2D eigenvalue weighted by Gasteiger charge is 2.19. The summed E-state index contributed by atoms with van der Waals surface area (Å²) in [4.78, 5) is 28.7. The van der Waals surface area contributed by atoms with Gasteiger partial charge in [0.2, 0.25) is 0 Å². The minimum absolute atomic E-state index is 0.0146. The van der Waals surface area contributed by atoms with Crippen LogP contribution in [-0.4, -0.2) is 72.8 Å². The molecule has 1 aliphatic heterocycles. The highest BCUT2D eigenvalue weighted by molar-refractivity contribution is 5.94. The first-order chi connectivity index (χ1) is 19.1. The Kier molecular flexibility index (Phi) is 11.0. The van der Waals surface area contributed by atoms with Crippen molar-refractivity contribution < 1.29 is 28.6 Å². The summed E-state index contributed by atoms with van der Waals surface area (Å²) in [6, 6.07) is 17.4. The van der Waals surface area contributed by atoms with Gasteiger partial charge in [0.25, 0.3) is 5.91 Å². The van der Waals surface area contributed by atoms with Gasteiger partial charge in [-0.25, -0.2) is 0 Å². The van der Waals surface area contributed by atoms with Crippen LogP contribution in [0, 0.1) is 0 Å². The van der Waals surface area contributed by atoms with Gasteiger partial charge in [-0.05, 0) is 55.5 Å². The van der Waals surface area contributed by atoms with Crippen molar-refractivity contribution in [3.63, 3.8) is 0 Å². The summed E-state index contributed by atoms with van der Waals surface area (Å²) in [6.45, 7) is 5.86. The molecule has 4 rings (SSSR count). The van der Waals surface area contributed by atoms with Crippen molar-refractivity contribution in [2.75, 3.05) is 46.0 Å². The molecule has 1 aromatic heterocycles. The Hall–Kier alpha value is -3.62. The molecule has 0 bridgehead atoms. The number of benzene rings is 2. The largest absolute Gasteiger partial charge is 0.493 e. The number of ether oxygens (including phenoxy) is 2. The number of rotatable bonds is 15. The molecule has 0 atom stereocenters. The Balaban J connectivity index is 1.41. The number of furan rings is 1. The average Bonchev–Trinajstić information content (AvgIpc) is 3.50. The maximum Gasteiger partial charge on any atom is 0.303 e. The lowest BCUT2D eigenvalue weighted by Crippen LogP contribution is -2.39. The van der Waals surface area contributed by atoms with E-state index >= 15 is 0 Å². The Labute approximate surface area is 230 Å². The van der Waals surface area contributed by atoms with Crippen LogP contribution in [-0.2, 0) is 16.1 Å². The van der Waals surface area contributed by atoms with Crippen LogP contribution in [0.1, 0.15) is 48.0 Å². The number of para-hydroxylation sites is 1. The first-order valence-electron chi connectivity index (χ1n) is 13.7. The molecule has 8 heteroatoms. The molecule has 2 aromatic carbocycles. The zero-order valence-corrected chi connectivity index (χ0v) is 22.4. The zero-order chi connectivity index (χ0) is 27.3. The van der Waals surface area contributed by atoms with Gasteiger partial charge in [0.05, 0.1) is 32.3 Å². The molecule has 2 heterocycles. The molecule has 0 radical (unpaired) electrons. The van der Waals surface area contributed by atoms with E-state index in [-0.39, 0.29) is 12.3 Å². The molecule has 1 N–H and O–H groups in total. The Bertz CT molecular complexity index is 1160. The number of hydrogen-bond donors (Lipinski definition) is 1. The highest BCUT2D eigenvalue weighted by Crippen LogP contribution is 2.24. The van der Waals surface area contributed by atoms with Crippen molar-refractivity contribution in [2.24, 2.45) is 0 Å². The molecule has 1 aliphatic rings. The molecule has 1 saturated heterocycles. The summed E-state index contributed by atoms with van der Waals surface area (Å²) < 4.78 is 16.7. The van der Waals surface area contributed by atoms with Crippen LogP contribution in [0.15, 0.2) is 71.5 Å². The Morgan fingerprint density at radius 3 is 2.46 bits per heavy atom. The summed E-state index contributed by atoms with van der Waals surface area (Å²) in [5.74, 6) is -0.0213. The van der Waals surface area contributed by atoms with Crippen LogP contribution < -0.4 is 4.74 Å². The van der Waals surface area contributed by atoms with Gasteiger partial charge < -0.3 is 23.9 Å². The standard InChI is InChI=1S/C31H38N2O6/c34-30(35)9-2-1-5-19-39-29-8-4-3-7-27(29)23-33(16-6-15-32-17-21-37-22-18-32)31(36)26-12-10-25(11-13-26)28-14-20-38-24-28/h3-4,7-8,10-14,20,24H,1-2,5-6,9,15-19,21-23H2,(H,34,35). The van der Waals surface area contributed by atoms with E-state index in [1.54, 1.807) is 12.5 Å². The van der Waals surface area contributed by atoms with Gasteiger partial charge in [0.1, 0.15) is 5.75 Å². The fraction of sp³-hybridized carbons (Fsp3) is 0.419. The molecule has 8 nitrogen and oxygen atoms in total. The first-order valence-corrected chi connectivity index (χ1v) is 13.7. The van der Waals surface area contributed by atoms with Gasteiger partial charge in [-0.15, -0.1) is 0 Å². The normalized spacial score (nSPS) is 13.7. The Morgan fingerprint density at radius 2 is 1.72 bits per heavy atom. The van der Waals surface area contributed by atoms with Crippen molar-refractivity contribution in [3.8, 4) is 16.9 Å². The summed E-state index contributed by atoms with van der Waals surface area (Å²) in [5, 5.41) is 8.81. The maximum atomic E-state index is 13.7. The van der Waals surface area contributed by atoms with Gasteiger partial charge in [0.15, 0.2) is 0 Å². The smallest absolute Gasteiger partial charge is 0.303 e. The van der Waals surface area contributed by atoms with E-state index in [2.05, 4.69) is 4.90 Å². The van der Waals surface area contributed by atoms with Crippen molar-refractivity contribution >= 4 is 11.9 Å². The monoisotopic (exact) mass is 534 g/mol. The molecule has 3 aromatic rings. The zero-order valence-electron chi connectivity index (χ0n) is 22.4. The van der Waals surface area contributed by atoms with Crippen molar-refractivity contribution in [3.05, 3.63) is 78.3 Å².